The molecular formula is C11H13BrN4O. The molecule has 2 rings (SSSR count). The Balaban J connectivity index is 2.11. The molecule has 0 spiro atoms. The fourth-order valence-electron chi connectivity index (χ4n) is 1.37. The van der Waals surface area contributed by atoms with E-state index >= 15 is 0 Å². The summed E-state index contributed by atoms with van der Waals surface area (Å²) < 4.78 is 6.46. The van der Waals surface area contributed by atoms with E-state index in [0.29, 0.717) is 18.5 Å². The summed E-state index contributed by atoms with van der Waals surface area (Å²) in [5.74, 6) is 0.559. The van der Waals surface area contributed by atoms with Crippen molar-refractivity contribution in [3.05, 3.63) is 34.1 Å². The molecule has 0 aliphatic rings. The molecule has 0 saturated carbocycles. The first-order chi connectivity index (χ1) is 8.19. The molecule has 0 fully saturated rings. The lowest BCUT2D eigenvalue weighted by molar-refractivity contribution is 0.493. The third-order valence-corrected chi connectivity index (χ3v) is 3.09. The highest BCUT2D eigenvalue weighted by atomic mass is 79.9. The second kappa shape index (κ2) is 5.29. The monoisotopic (exact) mass is 296 g/mol. The molecule has 1 aromatic carbocycles. The van der Waals surface area contributed by atoms with Gasteiger partial charge in [0.1, 0.15) is 0 Å². The third kappa shape index (κ3) is 3.04. The van der Waals surface area contributed by atoms with Crippen LogP contribution in [0.15, 0.2) is 27.1 Å². The Morgan fingerprint density at radius 3 is 2.88 bits per heavy atom. The average molecular weight is 297 g/mol. The number of halogens is 1. The van der Waals surface area contributed by atoms with Crippen LogP contribution in [0.1, 0.15) is 11.5 Å². The fraction of sp³-hybridized carbons (Fsp3) is 0.273. The number of aryl methyl sites for hydroxylation is 1. The normalized spacial score (nSPS) is 10.5. The smallest absolute Gasteiger partial charge is 0.320 e. The summed E-state index contributed by atoms with van der Waals surface area (Å²) in [7, 11) is 1.83. The van der Waals surface area contributed by atoms with Crippen molar-refractivity contribution in [2.45, 2.75) is 13.5 Å². The van der Waals surface area contributed by atoms with Gasteiger partial charge in [-0.1, -0.05) is 21.0 Å². The van der Waals surface area contributed by atoms with Crippen LogP contribution in [0, 0.1) is 6.92 Å². The molecule has 1 heterocycles. The summed E-state index contributed by atoms with van der Waals surface area (Å²) >= 11 is 3.45. The number of anilines is 2. The highest BCUT2D eigenvalue weighted by Crippen LogP contribution is 2.22. The Bertz CT molecular complexity index is 512. The first kappa shape index (κ1) is 12.1. The lowest BCUT2D eigenvalue weighted by Crippen LogP contribution is -2.04. The molecule has 0 radical (unpaired) electrons. The van der Waals surface area contributed by atoms with Gasteiger partial charge in [-0.05, 0) is 37.7 Å². The summed E-state index contributed by atoms with van der Waals surface area (Å²) in [4.78, 5) is 0. The van der Waals surface area contributed by atoms with E-state index in [-0.39, 0.29) is 0 Å². The van der Waals surface area contributed by atoms with Crippen molar-refractivity contribution in [2.75, 3.05) is 12.4 Å². The van der Waals surface area contributed by atoms with Gasteiger partial charge in [0.05, 0.1) is 6.54 Å². The first-order valence-corrected chi connectivity index (χ1v) is 5.98. The van der Waals surface area contributed by atoms with Crippen LogP contribution in [0.5, 0.6) is 0 Å². The zero-order chi connectivity index (χ0) is 12.3. The van der Waals surface area contributed by atoms with Gasteiger partial charge in [-0.25, -0.2) is 0 Å². The minimum Gasteiger partial charge on any atom is -0.406 e. The van der Waals surface area contributed by atoms with Crippen LogP contribution in [-0.2, 0) is 6.54 Å². The van der Waals surface area contributed by atoms with Gasteiger partial charge in [0, 0.05) is 10.2 Å². The standard InChI is InChI=1S/C11H13BrN4O/c1-7-5-8(3-4-9(7)12)14-11-16-15-10(17-11)6-13-2/h3-5,13H,6H2,1-2H3,(H,14,16). The molecule has 0 saturated heterocycles. The minimum absolute atomic E-state index is 0.400. The zero-order valence-corrected chi connectivity index (χ0v) is 11.2. The lowest BCUT2D eigenvalue weighted by Gasteiger charge is -2.03. The van der Waals surface area contributed by atoms with Crippen molar-refractivity contribution in [1.29, 1.82) is 0 Å². The maximum atomic E-state index is 5.39. The maximum Gasteiger partial charge on any atom is 0.320 e. The van der Waals surface area contributed by atoms with Gasteiger partial charge in [-0.3, -0.25) is 0 Å². The van der Waals surface area contributed by atoms with E-state index in [1.54, 1.807) is 0 Å². The van der Waals surface area contributed by atoms with Gasteiger partial charge in [-0.15, -0.1) is 5.10 Å². The minimum atomic E-state index is 0.400. The summed E-state index contributed by atoms with van der Waals surface area (Å²) in [6.45, 7) is 2.59. The summed E-state index contributed by atoms with van der Waals surface area (Å²) in [5.41, 5.74) is 2.07. The SMILES string of the molecule is CNCc1nnc(Nc2ccc(Br)c(C)c2)o1. The summed E-state index contributed by atoms with van der Waals surface area (Å²) in [5, 5.41) is 13.8. The van der Waals surface area contributed by atoms with Crippen LogP contribution >= 0.6 is 15.9 Å². The highest BCUT2D eigenvalue weighted by Gasteiger charge is 2.05. The van der Waals surface area contributed by atoms with Gasteiger partial charge in [0.2, 0.25) is 5.89 Å². The van der Waals surface area contributed by atoms with Gasteiger partial charge in [0.15, 0.2) is 0 Å². The third-order valence-electron chi connectivity index (χ3n) is 2.20. The molecule has 17 heavy (non-hydrogen) atoms. The summed E-state index contributed by atoms with van der Waals surface area (Å²) in [6.07, 6.45) is 0. The van der Waals surface area contributed by atoms with Gasteiger partial charge >= 0.3 is 6.01 Å². The van der Waals surface area contributed by atoms with Crippen molar-refractivity contribution in [1.82, 2.24) is 15.5 Å². The van der Waals surface area contributed by atoms with Gasteiger partial charge in [-0.2, -0.15) is 0 Å². The molecule has 0 amide bonds. The Morgan fingerprint density at radius 2 is 2.18 bits per heavy atom. The number of aromatic nitrogens is 2. The second-order valence-corrected chi connectivity index (χ2v) is 4.47. The van der Waals surface area contributed by atoms with Crippen LogP contribution in [0.4, 0.5) is 11.7 Å². The number of benzene rings is 1. The number of nitrogens with zero attached hydrogens (tertiary/aromatic N) is 2. The van der Waals surface area contributed by atoms with E-state index in [1.165, 1.54) is 0 Å². The maximum absolute atomic E-state index is 5.39. The van der Waals surface area contributed by atoms with Gasteiger partial charge < -0.3 is 15.1 Å². The lowest BCUT2D eigenvalue weighted by atomic mass is 10.2. The van der Waals surface area contributed by atoms with Crippen molar-refractivity contribution in [3.63, 3.8) is 0 Å². The molecule has 90 valence electrons. The molecule has 0 atom stereocenters. The quantitative estimate of drug-likeness (QED) is 0.908. The Hall–Kier alpha value is -1.40. The first-order valence-electron chi connectivity index (χ1n) is 5.19. The molecule has 2 aromatic rings. The Kier molecular flexibility index (Phi) is 3.75. The van der Waals surface area contributed by atoms with Crippen LogP contribution in [0.3, 0.4) is 0 Å². The predicted molar refractivity (Wildman–Crippen MR) is 69.2 cm³/mol. The Labute approximate surface area is 108 Å². The van der Waals surface area contributed by atoms with E-state index in [4.69, 9.17) is 4.42 Å². The number of hydrogen-bond donors (Lipinski definition) is 2. The molecule has 0 aliphatic heterocycles. The van der Waals surface area contributed by atoms with E-state index in [2.05, 4.69) is 36.8 Å². The topological polar surface area (TPSA) is 63.0 Å². The van der Waals surface area contributed by atoms with Gasteiger partial charge in [0.25, 0.3) is 0 Å². The van der Waals surface area contributed by atoms with Crippen molar-refractivity contribution < 1.29 is 4.42 Å². The molecule has 1 aromatic heterocycles. The Morgan fingerprint density at radius 1 is 1.35 bits per heavy atom. The van der Waals surface area contributed by atoms with E-state index < -0.39 is 0 Å². The molecule has 0 unspecified atom stereocenters. The van der Waals surface area contributed by atoms with E-state index in [9.17, 15) is 0 Å². The molecule has 0 aliphatic carbocycles. The second-order valence-electron chi connectivity index (χ2n) is 3.62. The molecule has 5 nitrogen and oxygen atoms in total. The van der Waals surface area contributed by atoms with E-state index in [0.717, 1.165) is 15.7 Å². The van der Waals surface area contributed by atoms with Crippen LogP contribution in [-0.4, -0.2) is 17.2 Å². The predicted octanol–water partition coefficient (Wildman–Crippen LogP) is 2.60. The number of nitrogens with one attached hydrogen (secondary N) is 2. The van der Waals surface area contributed by atoms with Crippen LogP contribution in [0.2, 0.25) is 0 Å². The summed E-state index contributed by atoms with van der Waals surface area (Å²) in [6, 6.07) is 6.32. The zero-order valence-electron chi connectivity index (χ0n) is 9.62. The number of rotatable bonds is 4. The average Bonchev–Trinajstić information content (AvgIpc) is 2.72. The number of hydrogen-bond acceptors (Lipinski definition) is 5. The van der Waals surface area contributed by atoms with Crippen LogP contribution < -0.4 is 10.6 Å². The molecule has 0 bridgehead atoms. The van der Waals surface area contributed by atoms with Crippen molar-refractivity contribution >= 4 is 27.6 Å². The highest BCUT2D eigenvalue weighted by molar-refractivity contribution is 9.10. The molecular weight excluding hydrogens is 284 g/mol. The largest absolute Gasteiger partial charge is 0.406 e. The van der Waals surface area contributed by atoms with Crippen molar-refractivity contribution in [2.24, 2.45) is 0 Å². The van der Waals surface area contributed by atoms with Crippen molar-refractivity contribution in [3.8, 4) is 0 Å². The molecule has 6 heteroatoms. The fourth-order valence-corrected chi connectivity index (χ4v) is 1.62. The molecule has 2 N–H and O–H groups in total. The van der Waals surface area contributed by atoms with E-state index in [1.807, 2.05) is 32.2 Å². The van der Waals surface area contributed by atoms with Crippen LogP contribution in [0.25, 0.3) is 0 Å².